The van der Waals surface area contributed by atoms with E-state index in [4.69, 9.17) is 27.5 Å². The highest BCUT2D eigenvalue weighted by molar-refractivity contribution is 6.32. The Balaban J connectivity index is 2.48. The Morgan fingerprint density at radius 2 is 2.11 bits per heavy atom. The number of aromatic amines is 1. The number of pyridine rings is 1. The summed E-state index contributed by atoms with van der Waals surface area (Å²) in [5.41, 5.74) is 6.37. The molecule has 0 spiro atoms. The summed E-state index contributed by atoms with van der Waals surface area (Å²) in [6.45, 7) is 0. The van der Waals surface area contributed by atoms with Crippen LogP contribution in [0.5, 0.6) is 5.75 Å². The number of benzene rings is 1. The second-order valence-corrected chi connectivity index (χ2v) is 4.29. The van der Waals surface area contributed by atoms with E-state index >= 15 is 0 Å². The minimum absolute atomic E-state index is 0.142. The average Bonchev–Trinajstić information content (AvgIpc) is 2.38. The van der Waals surface area contributed by atoms with Gasteiger partial charge in [0.2, 0.25) is 0 Å². The number of hydrogen-bond acceptors (Lipinski definition) is 3. The number of ether oxygens (including phenoxy) is 1. The van der Waals surface area contributed by atoms with E-state index in [0.29, 0.717) is 16.5 Å². The van der Waals surface area contributed by atoms with E-state index in [9.17, 15) is 4.79 Å². The number of aromatic nitrogens is 1. The first-order chi connectivity index (χ1) is 9.02. The lowest BCUT2D eigenvalue weighted by atomic mass is 10.1. The fourth-order valence-electron chi connectivity index (χ4n) is 1.69. The van der Waals surface area contributed by atoms with Crippen molar-refractivity contribution in [3.8, 4) is 17.0 Å². The van der Waals surface area contributed by atoms with Crippen molar-refractivity contribution < 1.29 is 4.74 Å². The van der Waals surface area contributed by atoms with Crippen LogP contribution in [-0.2, 0) is 0 Å². The molecule has 2 rings (SSSR count). The molecule has 0 aliphatic heterocycles. The third-order valence-corrected chi connectivity index (χ3v) is 2.96. The Bertz CT molecular complexity index is 695. The molecule has 5 nitrogen and oxygen atoms in total. The summed E-state index contributed by atoms with van der Waals surface area (Å²) < 4.78 is 5.06. The largest absolute Gasteiger partial charge is 0.495 e. The van der Waals surface area contributed by atoms with E-state index in [-0.39, 0.29) is 11.4 Å². The smallest absolute Gasteiger partial charge is 0.259 e. The summed E-state index contributed by atoms with van der Waals surface area (Å²) >= 11 is 6.03. The van der Waals surface area contributed by atoms with Gasteiger partial charge in [0.15, 0.2) is 0 Å². The zero-order valence-corrected chi connectivity index (χ0v) is 10.9. The monoisotopic (exact) mass is 277 g/mol. The maximum Gasteiger partial charge on any atom is 0.259 e. The highest BCUT2D eigenvalue weighted by Crippen LogP contribution is 2.28. The minimum Gasteiger partial charge on any atom is -0.495 e. The fourth-order valence-corrected chi connectivity index (χ4v) is 1.95. The van der Waals surface area contributed by atoms with Gasteiger partial charge in [-0.2, -0.15) is 0 Å². The second-order valence-electron chi connectivity index (χ2n) is 3.88. The summed E-state index contributed by atoms with van der Waals surface area (Å²) in [5, 5.41) is 7.71. The molecule has 0 aliphatic carbocycles. The maximum absolute atomic E-state index is 11.7. The fraction of sp³-hybridized carbons (Fsp3) is 0.0769. The highest BCUT2D eigenvalue weighted by atomic mass is 35.5. The molecule has 1 aromatic carbocycles. The number of nitrogens with two attached hydrogens (primary N) is 1. The number of rotatable bonds is 3. The van der Waals surface area contributed by atoms with Gasteiger partial charge in [-0.3, -0.25) is 10.2 Å². The molecule has 0 atom stereocenters. The van der Waals surface area contributed by atoms with Crippen molar-refractivity contribution in [2.75, 3.05) is 7.11 Å². The van der Waals surface area contributed by atoms with Gasteiger partial charge in [0.1, 0.15) is 11.6 Å². The Hall–Kier alpha value is -2.27. The van der Waals surface area contributed by atoms with Crippen molar-refractivity contribution >= 4 is 17.4 Å². The van der Waals surface area contributed by atoms with Crippen LogP contribution >= 0.6 is 11.6 Å². The molecule has 4 N–H and O–H groups in total. The van der Waals surface area contributed by atoms with Crippen molar-refractivity contribution in [3.05, 3.63) is 51.3 Å². The Morgan fingerprint density at radius 1 is 1.37 bits per heavy atom. The summed E-state index contributed by atoms with van der Waals surface area (Å²) in [6.07, 6.45) is 0. The van der Waals surface area contributed by atoms with Gasteiger partial charge < -0.3 is 15.5 Å². The van der Waals surface area contributed by atoms with Crippen molar-refractivity contribution in [1.29, 1.82) is 5.41 Å². The topological polar surface area (TPSA) is 92.0 Å². The number of nitrogen functional groups attached to an aromatic ring is 1. The molecule has 0 unspecified atom stereocenters. The van der Waals surface area contributed by atoms with Crippen LogP contribution in [0, 0.1) is 5.41 Å². The van der Waals surface area contributed by atoms with Crippen LogP contribution in [0.4, 0.5) is 0 Å². The van der Waals surface area contributed by atoms with Crippen LogP contribution in [0.3, 0.4) is 0 Å². The van der Waals surface area contributed by atoms with Gasteiger partial charge >= 0.3 is 0 Å². The standard InChI is InChI=1S/C13H12ClN3O2/c1-19-11-5-2-7(6-9(11)14)10-4-3-8(12(15)16)13(18)17-10/h2-6H,1H3,(H3,15,16)(H,17,18). The highest BCUT2D eigenvalue weighted by Gasteiger charge is 2.07. The minimum atomic E-state index is -0.406. The predicted octanol–water partition coefficient (Wildman–Crippen LogP) is 1.99. The first kappa shape index (κ1) is 13.2. The van der Waals surface area contributed by atoms with E-state index < -0.39 is 5.56 Å². The zero-order valence-electron chi connectivity index (χ0n) is 10.2. The van der Waals surface area contributed by atoms with Crippen LogP contribution in [-0.4, -0.2) is 17.9 Å². The molecule has 0 radical (unpaired) electrons. The molecule has 1 aromatic heterocycles. The molecular weight excluding hydrogens is 266 g/mol. The van der Waals surface area contributed by atoms with E-state index in [1.54, 1.807) is 24.3 Å². The van der Waals surface area contributed by atoms with Gasteiger partial charge in [-0.25, -0.2) is 0 Å². The lowest BCUT2D eigenvalue weighted by Gasteiger charge is -2.07. The molecule has 0 saturated heterocycles. The van der Waals surface area contributed by atoms with Gasteiger partial charge in [-0.15, -0.1) is 0 Å². The number of hydrogen-bond donors (Lipinski definition) is 3. The van der Waals surface area contributed by atoms with Gasteiger partial charge in [-0.1, -0.05) is 11.6 Å². The van der Waals surface area contributed by atoms with Crippen molar-refractivity contribution in [2.24, 2.45) is 5.73 Å². The molecule has 1 heterocycles. The second kappa shape index (κ2) is 5.16. The lowest BCUT2D eigenvalue weighted by Crippen LogP contribution is -2.23. The Kier molecular flexibility index (Phi) is 3.57. The molecule has 2 aromatic rings. The van der Waals surface area contributed by atoms with Crippen molar-refractivity contribution in [3.63, 3.8) is 0 Å². The third-order valence-electron chi connectivity index (χ3n) is 2.66. The van der Waals surface area contributed by atoms with Crippen molar-refractivity contribution in [1.82, 2.24) is 4.98 Å². The molecule has 0 bridgehead atoms. The summed E-state index contributed by atoms with van der Waals surface area (Å²) in [7, 11) is 1.53. The van der Waals surface area contributed by atoms with E-state index in [0.717, 1.165) is 5.56 Å². The van der Waals surface area contributed by atoms with E-state index in [1.807, 2.05) is 0 Å². The Morgan fingerprint density at radius 3 is 2.63 bits per heavy atom. The SMILES string of the molecule is COc1ccc(-c2ccc(C(=N)N)c(=O)[nH]2)cc1Cl. The van der Waals surface area contributed by atoms with Gasteiger partial charge in [0.25, 0.3) is 5.56 Å². The lowest BCUT2D eigenvalue weighted by molar-refractivity contribution is 0.415. The quantitative estimate of drug-likeness (QED) is 0.592. The van der Waals surface area contributed by atoms with Gasteiger partial charge in [0, 0.05) is 5.69 Å². The average molecular weight is 278 g/mol. The molecule has 6 heteroatoms. The molecule has 19 heavy (non-hydrogen) atoms. The van der Waals surface area contributed by atoms with Crippen LogP contribution in [0.1, 0.15) is 5.56 Å². The summed E-state index contributed by atoms with van der Waals surface area (Å²) in [4.78, 5) is 14.4. The van der Waals surface area contributed by atoms with Crippen LogP contribution in [0.25, 0.3) is 11.3 Å². The predicted molar refractivity (Wildman–Crippen MR) is 75.1 cm³/mol. The van der Waals surface area contributed by atoms with Crippen LogP contribution in [0.15, 0.2) is 35.1 Å². The third kappa shape index (κ3) is 2.61. The van der Waals surface area contributed by atoms with Crippen LogP contribution < -0.4 is 16.0 Å². The normalized spacial score (nSPS) is 10.2. The van der Waals surface area contributed by atoms with Crippen molar-refractivity contribution in [2.45, 2.75) is 0 Å². The molecule has 0 aliphatic rings. The van der Waals surface area contributed by atoms with Gasteiger partial charge in [0.05, 0.1) is 17.7 Å². The maximum atomic E-state index is 11.7. The first-order valence-electron chi connectivity index (χ1n) is 5.44. The van der Waals surface area contributed by atoms with E-state index in [1.165, 1.54) is 13.2 Å². The Labute approximate surface area is 114 Å². The first-order valence-corrected chi connectivity index (χ1v) is 5.82. The molecule has 0 fully saturated rings. The number of amidine groups is 1. The molecule has 0 saturated carbocycles. The molecular formula is C13H12ClN3O2. The van der Waals surface area contributed by atoms with E-state index in [2.05, 4.69) is 4.98 Å². The molecule has 0 amide bonds. The number of methoxy groups -OCH3 is 1. The van der Waals surface area contributed by atoms with Gasteiger partial charge in [-0.05, 0) is 35.9 Å². The number of nitrogens with one attached hydrogen (secondary N) is 2. The van der Waals surface area contributed by atoms with Crippen LogP contribution in [0.2, 0.25) is 5.02 Å². The molecule has 98 valence electrons. The summed E-state index contributed by atoms with van der Waals surface area (Å²) in [5.74, 6) is 0.300. The number of H-pyrrole nitrogens is 1. The zero-order chi connectivity index (χ0) is 14.0. The number of halogens is 1. The summed E-state index contributed by atoms with van der Waals surface area (Å²) in [6, 6.07) is 8.38.